The summed E-state index contributed by atoms with van der Waals surface area (Å²) in [4.78, 5) is 0. The van der Waals surface area contributed by atoms with Gasteiger partial charge in [0, 0.05) is 12.7 Å². The number of rotatable bonds is 1. The Hall–Kier alpha value is -0.930. The SMILES string of the molecule is CC(C)C1=CNCC=C1C(F)(F)F. The maximum Gasteiger partial charge on any atom is 0.416 e. The standard InChI is InChI=1S/C9H12F3N/c1-6(2)7-5-13-4-3-8(7)9(10,11)12/h3,5-6,13H,4H2,1-2H3. The molecular weight excluding hydrogens is 179 g/mol. The van der Waals surface area contributed by atoms with Gasteiger partial charge >= 0.3 is 6.18 Å². The van der Waals surface area contributed by atoms with Crippen LogP contribution in [0.15, 0.2) is 23.4 Å². The average molecular weight is 191 g/mol. The fourth-order valence-electron chi connectivity index (χ4n) is 1.28. The first-order chi connectivity index (χ1) is 5.93. The van der Waals surface area contributed by atoms with Gasteiger partial charge in [0.15, 0.2) is 0 Å². The van der Waals surface area contributed by atoms with E-state index in [1.54, 1.807) is 13.8 Å². The predicted molar refractivity (Wildman–Crippen MR) is 45.1 cm³/mol. The predicted octanol–water partition coefficient (Wildman–Crippen LogP) is 2.62. The molecule has 0 radical (unpaired) electrons. The van der Waals surface area contributed by atoms with Gasteiger partial charge in [-0.25, -0.2) is 0 Å². The Labute approximate surface area is 75.3 Å². The summed E-state index contributed by atoms with van der Waals surface area (Å²) in [6.07, 6.45) is -1.58. The van der Waals surface area contributed by atoms with E-state index < -0.39 is 11.7 Å². The molecule has 0 aromatic heterocycles. The van der Waals surface area contributed by atoms with Gasteiger partial charge in [0.05, 0.1) is 5.57 Å². The highest BCUT2D eigenvalue weighted by Gasteiger charge is 2.37. The molecule has 74 valence electrons. The van der Waals surface area contributed by atoms with E-state index in [1.807, 2.05) is 0 Å². The first kappa shape index (κ1) is 10.2. The molecule has 1 aliphatic heterocycles. The number of hydrogen-bond acceptors (Lipinski definition) is 1. The molecule has 1 aliphatic rings. The van der Waals surface area contributed by atoms with Crippen molar-refractivity contribution in [2.75, 3.05) is 6.54 Å². The van der Waals surface area contributed by atoms with Gasteiger partial charge in [-0.3, -0.25) is 0 Å². The number of nitrogens with one attached hydrogen (secondary N) is 1. The van der Waals surface area contributed by atoms with Crippen LogP contribution in [0, 0.1) is 5.92 Å². The zero-order valence-electron chi connectivity index (χ0n) is 7.57. The summed E-state index contributed by atoms with van der Waals surface area (Å²) in [5.41, 5.74) is -0.167. The summed E-state index contributed by atoms with van der Waals surface area (Å²) in [5, 5.41) is 2.78. The zero-order chi connectivity index (χ0) is 10.1. The summed E-state index contributed by atoms with van der Waals surface area (Å²) in [6, 6.07) is 0. The number of alkyl halides is 3. The van der Waals surface area contributed by atoms with E-state index in [9.17, 15) is 13.2 Å². The monoisotopic (exact) mass is 191 g/mol. The average Bonchev–Trinajstić information content (AvgIpc) is 2.03. The van der Waals surface area contributed by atoms with Crippen molar-refractivity contribution in [3.63, 3.8) is 0 Å². The highest BCUT2D eigenvalue weighted by Crippen LogP contribution is 2.35. The molecule has 1 N–H and O–H groups in total. The molecule has 0 saturated carbocycles. The minimum Gasteiger partial charge on any atom is -0.387 e. The van der Waals surface area contributed by atoms with Crippen LogP contribution in [0.3, 0.4) is 0 Å². The van der Waals surface area contributed by atoms with Crippen LogP contribution in [0.5, 0.6) is 0 Å². The molecule has 0 spiro atoms. The highest BCUT2D eigenvalue weighted by molar-refractivity contribution is 5.38. The van der Waals surface area contributed by atoms with Gasteiger partial charge in [0.2, 0.25) is 0 Å². The Morgan fingerprint density at radius 1 is 1.38 bits per heavy atom. The smallest absolute Gasteiger partial charge is 0.387 e. The lowest BCUT2D eigenvalue weighted by Gasteiger charge is -2.21. The molecule has 4 heteroatoms. The Bertz CT molecular complexity index is 248. The van der Waals surface area contributed by atoms with Crippen LogP contribution in [-0.2, 0) is 0 Å². The Morgan fingerprint density at radius 3 is 2.38 bits per heavy atom. The lowest BCUT2D eigenvalue weighted by atomic mass is 9.94. The topological polar surface area (TPSA) is 12.0 Å². The molecule has 0 aliphatic carbocycles. The van der Waals surface area contributed by atoms with Crippen molar-refractivity contribution >= 4 is 0 Å². The summed E-state index contributed by atoms with van der Waals surface area (Å²) in [5.74, 6) is -0.110. The van der Waals surface area contributed by atoms with E-state index in [0.29, 0.717) is 5.57 Å². The number of hydrogen-bond donors (Lipinski definition) is 1. The summed E-state index contributed by atoms with van der Waals surface area (Å²) < 4.78 is 37.2. The van der Waals surface area contributed by atoms with Crippen LogP contribution in [-0.4, -0.2) is 12.7 Å². The second-order valence-corrected chi connectivity index (χ2v) is 3.28. The summed E-state index contributed by atoms with van der Waals surface area (Å²) >= 11 is 0. The van der Waals surface area contributed by atoms with Gasteiger partial charge < -0.3 is 5.32 Å². The highest BCUT2D eigenvalue weighted by atomic mass is 19.4. The Morgan fingerprint density at radius 2 is 2.00 bits per heavy atom. The lowest BCUT2D eigenvalue weighted by Crippen LogP contribution is -2.24. The lowest BCUT2D eigenvalue weighted by molar-refractivity contribution is -0.0904. The van der Waals surface area contributed by atoms with E-state index >= 15 is 0 Å². The van der Waals surface area contributed by atoms with Crippen molar-refractivity contribution in [1.29, 1.82) is 0 Å². The second-order valence-electron chi connectivity index (χ2n) is 3.28. The molecule has 0 aromatic carbocycles. The number of dihydropyridines is 1. The van der Waals surface area contributed by atoms with Crippen molar-refractivity contribution in [1.82, 2.24) is 5.32 Å². The van der Waals surface area contributed by atoms with Gasteiger partial charge in [0.25, 0.3) is 0 Å². The van der Waals surface area contributed by atoms with Crippen molar-refractivity contribution in [2.24, 2.45) is 5.92 Å². The zero-order valence-corrected chi connectivity index (χ0v) is 7.57. The largest absolute Gasteiger partial charge is 0.416 e. The Balaban J connectivity index is 2.95. The molecule has 1 nitrogen and oxygen atoms in total. The molecule has 0 unspecified atom stereocenters. The van der Waals surface area contributed by atoms with Crippen LogP contribution in [0.1, 0.15) is 13.8 Å². The van der Waals surface area contributed by atoms with Crippen molar-refractivity contribution < 1.29 is 13.2 Å². The van der Waals surface area contributed by atoms with Crippen LogP contribution in [0.4, 0.5) is 13.2 Å². The second kappa shape index (κ2) is 3.44. The van der Waals surface area contributed by atoms with Gasteiger partial charge in [-0.2, -0.15) is 13.2 Å². The number of allylic oxidation sites excluding steroid dienone is 2. The fraction of sp³-hybridized carbons (Fsp3) is 0.556. The van der Waals surface area contributed by atoms with Crippen molar-refractivity contribution in [2.45, 2.75) is 20.0 Å². The fourth-order valence-corrected chi connectivity index (χ4v) is 1.28. The van der Waals surface area contributed by atoms with Crippen molar-refractivity contribution in [3.05, 3.63) is 23.4 Å². The molecule has 0 fully saturated rings. The van der Waals surface area contributed by atoms with Crippen LogP contribution < -0.4 is 5.32 Å². The molecule has 1 heterocycles. The molecule has 0 atom stereocenters. The van der Waals surface area contributed by atoms with E-state index in [2.05, 4.69) is 5.32 Å². The van der Waals surface area contributed by atoms with Gasteiger partial charge in [-0.1, -0.05) is 19.9 Å². The minimum absolute atomic E-state index is 0.110. The summed E-state index contributed by atoms with van der Waals surface area (Å²) in [6.45, 7) is 3.75. The molecule has 0 amide bonds. The van der Waals surface area contributed by atoms with Gasteiger partial charge in [-0.15, -0.1) is 0 Å². The summed E-state index contributed by atoms with van der Waals surface area (Å²) in [7, 11) is 0. The molecular formula is C9H12F3N. The molecule has 1 rings (SSSR count). The maximum atomic E-state index is 12.4. The quantitative estimate of drug-likeness (QED) is 0.671. The van der Waals surface area contributed by atoms with E-state index in [-0.39, 0.29) is 12.5 Å². The van der Waals surface area contributed by atoms with E-state index in [0.717, 1.165) is 0 Å². The van der Waals surface area contributed by atoms with Gasteiger partial charge in [0.1, 0.15) is 0 Å². The molecule has 0 aromatic rings. The van der Waals surface area contributed by atoms with Gasteiger partial charge in [-0.05, 0) is 11.5 Å². The first-order valence-corrected chi connectivity index (χ1v) is 4.14. The minimum atomic E-state index is -4.22. The van der Waals surface area contributed by atoms with E-state index in [1.165, 1.54) is 12.3 Å². The third-order valence-electron chi connectivity index (χ3n) is 1.92. The first-order valence-electron chi connectivity index (χ1n) is 4.14. The van der Waals surface area contributed by atoms with Crippen LogP contribution >= 0.6 is 0 Å². The third-order valence-corrected chi connectivity index (χ3v) is 1.92. The number of halogens is 3. The Kier molecular flexibility index (Phi) is 2.68. The molecule has 0 saturated heterocycles. The van der Waals surface area contributed by atoms with E-state index in [4.69, 9.17) is 0 Å². The third kappa shape index (κ3) is 2.26. The van der Waals surface area contributed by atoms with Crippen LogP contribution in [0.2, 0.25) is 0 Å². The van der Waals surface area contributed by atoms with Crippen LogP contribution in [0.25, 0.3) is 0 Å². The molecule has 0 bridgehead atoms. The normalized spacial score (nSPS) is 18.0. The van der Waals surface area contributed by atoms with Crippen molar-refractivity contribution in [3.8, 4) is 0 Å². The maximum absolute atomic E-state index is 12.4. The molecule has 13 heavy (non-hydrogen) atoms.